The minimum atomic E-state index is -3.28. The number of nitrogens with zero attached hydrogens (tertiary/aromatic N) is 1. The fourth-order valence-electron chi connectivity index (χ4n) is 2.95. The second-order valence-electron chi connectivity index (χ2n) is 7.08. The van der Waals surface area contributed by atoms with Gasteiger partial charge in [-0.15, -0.1) is 0 Å². The highest BCUT2D eigenvalue weighted by Crippen LogP contribution is 2.35. The molecule has 0 amide bonds. The van der Waals surface area contributed by atoms with Gasteiger partial charge in [0.05, 0.1) is 15.6 Å². The van der Waals surface area contributed by atoms with E-state index in [-0.39, 0.29) is 4.90 Å². The molecule has 0 saturated carbocycles. The molecule has 1 aromatic heterocycles. The number of rotatable bonds is 6. The van der Waals surface area contributed by atoms with Crippen LogP contribution in [0.25, 0.3) is 11.1 Å². The largest absolute Gasteiger partial charge is 0.456 e. The van der Waals surface area contributed by atoms with Gasteiger partial charge in [-0.1, -0.05) is 6.07 Å². The Bertz CT molecular complexity index is 1430. The van der Waals surface area contributed by atoms with Crippen LogP contribution in [0.3, 0.4) is 0 Å². The molecule has 0 N–H and O–H groups in total. The van der Waals surface area contributed by atoms with Crippen molar-refractivity contribution in [3.8, 4) is 34.1 Å². The van der Waals surface area contributed by atoms with Crippen LogP contribution >= 0.6 is 15.9 Å². The summed E-state index contributed by atoms with van der Waals surface area (Å²) in [7, 11) is -3.28. The molecule has 4 rings (SSSR count). The lowest BCUT2D eigenvalue weighted by Crippen LogP contribution is -1.96. The van der Waals surface area contributed by atoms with Crippen molar-refractivity contribution in [2.75, 3.05) is 6.26 Å². The van der Waals surface area contributed by atoms with E-state index in [0.717, 1.165) is 18.4 Å². The van der Waals surface area contributed by atoms with Crippen molar-refractivity contribution in [1.82, 2.24) is 4.98 Å². The van der Waals surface area contributed by atoms with E-state index in [1.54, 1.807) is 36.4 Å². The Labute approximate surface area is 197 Å². The predicted molar refractivity (Wildman–Crippen MR) is 123 cm³/mol. The van der Waals surface area contributed by atoms with Gasteiger partial charge < -0.3 is 9.47 Å². The van der Waals surface area contributed by atoms with E-state index in [4.69, 9.17) is 9.47 Å². The van der Waals surface area contributed by atoms with Crippen LogP contribution in [0.15, 0.2) is 88.5 Å². The minimum Gasteiger partial charge on any atom is -0.456 e. The third-order valence-electron chi connectivity index (χ3n) is 4.58. The van der Waals surface area contributed by atoms with Gasteiger partial charge in [0.1, 0.15) is 23.0 Å². The molecule has 1 heterocycles. The van der Waals surface area contributed by atoms with Crippen LogP contribution in [0.4, 0.5) is 8.78 Å². The van der Waals surface area contributed by atoms with Gasteiger partial charge in [-0.2, -0.15) is 0 Å². The summed E-state index contributed by atoms with van der Waals surface area (Å²) in [6.45, 7) is 0. The molecule has 9 heteroatoms. The highest BCUT2D eigenvalue weighted by atomic mass is 79.9. The quantitative estimate of drug-likeness (QED) is 0.274. The van der Waals surface area contributed by atoms with E-state index >= 15 is 0 Å². The summed E-state index contributed by atoms with van der Waals surface area (Å²) in [4.78, 5) is 4.31. The summed E-state index contributed by atoms with van der Waals surface area (Å²) in [6.07, 6.45) is 4.17. The summed E-state index contributed by atoms with van der Waals surface area (Å²) < 4.78 is 62.2. The molecule has 0 atom stereocenters. The van der Waals surface area contributed by atoms with Gasteiger partial charge in [0.2, 0.25) is 0 Å². The van der Waals surface area contributed by atoms with Crippen molar-refractivity contribution in [2.24, 2.45) is 0 Å². The number of ether oxygens (including phenoxy) is 2. The maximum Gasteiger partial charge on any atom is 0.175 e. The van der Waals surface area contributed by atoms with Gasteiger partial charge in [-0.3, -0.25) is 4.98 Å². The number of hydrogen-bond acceptors (Lipinski definition) is 5. The van der Waals surface area contributed by atoms with Crippen LogP contribution in [0, 0.1) is 11.6 Å². The van der Waals surface area contributed by atoms with Crippen molar-refractivity contribution < 1.29 is 26.7 Å². The molecule has 0 aliphatic carbocycles. The summed E-state index contributed by atoms with van der Waals surface area (Å²) in [6, 6.07) is 16.5. The minimum absolute atomic E-state index is 0.205. The Kier molecular flexibility index (Phi) is 6.44. The Morgan fingerprint density at radius 2 is 1.48 bits per heavy atom. The molecule has 168 valence electrons. The van der Waals surface area contributed by atoms with Crippen LogP contribution < -0.4 is 9.47 Å². The van der Waals surface area contributed by atoms with E-state index in [0.29, 0.717) is 38.6 Å². The number of aromatic nitrogens is 1. The third-order valence-corrected chi connectivity index (χ3v) is 6.33. The fourth-order valence-corrected chi connectivity index (χ4v) is 4.02. The zero-order chi connectivity index (χ0) is 23.6. The van der Waals surface area contributed by atoms with Crippen LogP contribution in [0.1, 0.15) is 0 Å². The molecule has 4 aromatic rings. The maximum absolute atomic E-state index is 13.6. The summed E-state index contributed by atoms with van der Waals surface area (Å²) in [5, 5.41) is 0. The number of halogens is 3. The normalized spacial score (nSPS) is 11.3. The summed E-state index contributed by atoms with van der Waals surface area (Å²) in [5.74, 6) is 0.0188. The van der Waals surface area contributed by atoms with Crippen LogP contribution in [0.2, 0.25) is 0 Å². The van der Waals surface area contributed by atoms with Gasteiger partial charge in [-0.05, 0) is 82.2 Å². The summed E-state index contributed by atoms with van der Waals surface area (Å²) >= 11 is 3.44. The molecule has 33 heavy (non-hydrogen) atoms. The Morgan fingerprint density at radius 3 is 2.15 bits per heavy atom. The SMILES string of the molecule is CS(=O)(=O)c1ccc(Oc2ccc(Oc3cncc(-c4ccc(F)c(F)c4)c3)cc2Br)cc1. The third kappa shape index (κ3) is 5.55. The summed E-state index contributed by atoms with van der Waals surface area (Å²) in [5.41, 5.74) is 1.04. The van der Waals surface area contributed by atoms with Gasteiger partial charge in [0.15, 0.2) is 21.5 Å². The molecule has 3 aromatic carbocycles. The Morgan fingerprint density at radius 1 is 0.758 bits per heavy atom. The average molecular weight is 532 g/mol. The zero-order valence-corrected chi connectivity index (χ0v) is 19.5. The van der Waals surface area contributed by atoms with E-state index in [2.05, 4.69) is 20.9 Å². The molecule has 0 spiro atoms. The molecule has 0 aliphatic rings. The van der Waals surface area contributed by atoms with Crippen molar-refractivity contribution in [1.29, 1.82) is 0 Å². The van der Waals surface area contributed by atoms with Gasteiger partial charge >= 0.3 is 0 Å². The number of pyridine rings is 1. The Balaban J connectivity index is 1.50. The van der Waals surface area contributed by atoms with E-state index in [9.17, 15) is 17.2 Å². The van der Waals surface area contributed by atoms with Crippen molar-refractivity contribution in [3.05, 3.63) is 95.2 Å². The molecule has 0 unspecified atom stereocenters. The van der Waals surface area contributed by atoms with Gasteiger partial charge in [0, 0.05) is 18.0 Å². The second-order valence-corrected chi connectivity index (χ2v) is 9.95. The highest BCUT2D eigenvalue weighted by molar-refractivity contribution is 9.10. The predicted octanol–water partition coefficient (Wildman–Crippen LogP) is 6.78. The first-order valence-electron chi connectivity index (χ1n) is 9.55. The fraction of sp³-hybridized carbons (Fsp3) is 0.0417. The molecule has 0 saturated heterocycles. The first-order valence-corrected chi connectivity index (χ1v) is 12.2. The monoisotopic (exact) mass is 531 g/mol. The van der Waals surface area contributed by atoms with Crippen LogP contribution in [0.5, 0.6) is 23.0 Å². The lowest BCUT2D eigenvalue weighted by Gasteiger charge is -2.11. The molecular formula is C24H16BrF2NO4S. The van der Waals surface area contributed by atoms with E-state index < -0.39 is 21.5 Å². The molecule has 0 radical (unpaired) electrons. The first kappa shape index (κ1) is 22.9. The lowest BCUT2D eigenvalue weighted by molar-refractivity contribution is 0.465. The number of benzene rings is 3. The van der Waals surface area contributed by atoms with Gasteiger partial charge in [-0.25, -0.2) is 17.2 Å². The van der Waals surface area contributed by atoms with Crippen molar-refractivity contribution in [3.63, 3.8) is 0 Å². The molecule has 0 aliphatic heterocycles. The highest BCUT2D eigenvalue weighted by Gasteiger charge is 2.10. The average Bonchev–Trinajstić information content (AvgIpc) is 2.77. The smallest absolute Gasteiger partial charge is 0.175 e. The second kappa shape index (κ2) is 9.29. The molecular weight excluding hydrogens is 516 g/mol. The molecule has 5 nitrogen and oxygen atoms in total. The number of hydrogen-bond donors (Lipinski definition) is 0. The van der Waals surface area contributed by atoms with Crippen molar-refractivity contribution in [2.45, 2.75) is 4.90 Å². The molecule has 0 fully saturated rings. The maximum atomic E-state index is 13.6. The van der Waals surface area contributed by atoms with E-state index in [1.165, 1.54) is 30.6 Å². The lowest BCUT2D eigenvalue weighted by atomic mass is 10.1. The number of sulfone groups is 1. The molecule has 0 bridgehead atoms. The topological polar surface area (TPSA) is 65.5 Å². The first-order chi connectivity index (χ1) is 15.7. The van der Waals surface area contributed by atoms with Crippen LogP contribution in [-0.4, -0.2) is 19.7 Å². The standard InChI is InChI=1S/C24H16BrF2NO4S/c1-33(29,30)20-6-3-17(4-7-20)32-24-9-5-18(12-21(24)25)31-19-10-16(13-28-14-19)15-2-8-22(26)23(27)11-15/h2-14H,1H3. The van der Waals surface area contributed by atoms with Crippen LogP contribution in [-0.2, 0) is 9.84 Å². The van der Waals surface area contributed by atoms with Crippen molar-refractivity contribution >= 4 is 25.8 Å². The zero-order valence-electron chi connectivity index (χ0n) is 17.1. The van der Waals surface area contributed by atoms with Gasteiger partial charge in [0.25, 0.3) is 0 Å². The van der Waals surface area contributed by atoms with E-state index in [1.807, 2.05) is 0 Å². The Hall–Kier alpha value is -3.30.